The van der Waals surface area contributed by atoms with Gasteiger partial charge in [0, 0.05) is 18.8 Å². The number of ketones is 1. The number of hydrogen-bond donors (Lipinski definition) is 0. The van der Waals surface area contributed by atoms with Gasteiger partial charge >= 0.3 is 5.97 Å². The van der Waals surface area contributed by atoms with Gasteiger partial charge in [-0.2, -0.15) is 5.10 Å². The number of aromatic nitrogens is 2. The number of esters is 1. The lowest BCUT2D eigenvalue weighted by Crippen LogP contribution is -2.52. The number of Topliss-reactive ketones (excluding diaryl/α,β-unsaturated/α-hetero) is 1. The molecule has 0 spiro atoms. The number of carbonyl (C=O) groups excluding carboxylic acids is 2. The van der Waals surface area contributed by atoms with Gasteiger partial charge in [-0.1, -0.05) is 42.6 Å². The number of hydrogen-bond acceptors (Lipinski definition) is 5. The van der Waals surface area contributed by atoms with E-state index in [0.29, 0.717) is 30.0 Å². The van der Waals surface area contributed by atoms with Crippen LogP contribution in [0, 0.1) is 11.8 Å². The van der Waals surface area contributed by atoms with Crippen LogP contribution in [0.4, 0.5) is 0 Å². The maximum atomic E-state index is 13.4. The molecule has 188 valence electrons. The minimum atomic E-state index is -0.759. The summed E-state index contributed by atoms with van der Waals surface area (Å²) < 4.78 is 13.3. The van der Waals surface area contributed by atoms with E-state index in [4.69, 9.17) is 21.1 Å². The molecular formula is C29H31ClN2O4. The Balaban J connectivity index is 1.30. The van der Waals surface area contributed by atoms with Crippen LogP contribution in [0.3, 0.4) is 0 Å². The minimum absolute atomic E-state index is 0.0120. The SMILES string of the molecule is COc1ccc(CCC2(C3CCCC3)CC(=O)C(Cc3ccc(-n4cccn4)cc3)C(=O)O2)cc1Cl. The highest BCUT2D eigenvalue weighted by atomic mass is 35.5. The van der Waals surface area contributed by atoms with E-state index in [1.807, 2.05) is 54.7 Å². The summed E-state index contributed by atoms with van der Waals surface area (Å²) in [6.07, 6.45) is 9.73. The Morgan fingerprint density at radius 3 is 2.50 bits per heavy atom. The molecule has 2 aliphatic rings. The molecule has 0 N–H and O–H groups in total. The zero-order valence-electron chi connectivity index (χ0n) is 20.5. The molecule has 2 heterocycles. The van der Waals surface area contributed by atoms with Crippen molar-refractivity contribution in [2.45, 2.75) is 57.0 Å². The second kappa shape index (κ2) is 10.5. The summed E-state index contributed by atoms with van der Waals surface area (Å²) in [6, 6.07) is 15.4. The molecule has 2 aromatic carbocycles. The van der Waals surface area contributed by atoms with Crippen molar-refractivity contribution in [2.24, 2.45) is 11.8 Å². The molecule has 2 unspecified atom stereocenters. The molecule has 2 atom stereocenters. The first-order chi connectivity index (χ1) is 17.5. The van der Waals surface area contributed by atoms with Crippen LogP contribution >= 0.6 is 11.6 Å². The molecular weight excluding hydrogens is 476 g/mol. The predicted octanol–water partition coefficient (Wildman–Crippen LogP) is 5.77. The van der Waals surface area contributed by atoms with Gasteiger partial charge in [-0.25, -0.2) is 4.68 Å². The summed E-state index contributed by atoms with van der Waals surface area (Å²) in [5.74, 6) is -0.311. The second-order valence-corrected chi connectivity index (χ2v) is 10.4. The van der Waals surface area contributed by atoms with E-state index < -0.39 is 11.5 Å². The number of halogens is 1. The number of nitrogens with zero attached hydrogens (tertiary/aromatic N) is 2. The highest BCUT2D eigenvalue weighted by molar-refractivity contribution is 6.32. The van der Waals surface area contributed by atoms with E-state index in [1.54, 1.807) is 18.0 Å². The van der Waals surface area contributed by atoms with Crippen LogP contribution in [0.2, 0.25) is 5.02 Å². The fourth-order valence-electron chi connectivity index (χ4n) is 5.74. The van der Waals surface area contributed by atoms with Crippen LogP contribution < -0.4 is 4.74 Å². The minimum Gasteiger partial charge on any atom is -0.495 e. The van der Waals surface area contributed by atoms with Crippen LogP contribution in [0.5, 0.6) is 5.75 Å². The summed E-state index contributed by atoms with van der Waals surface area (Å²) in [7, 11) is 1.59. The van der Waals surface area contributed by atoms with E-state index >= 15 is 0 Å². The van der Waals surface area contributed by atoms with Gasteiger partial charge in [0.2, 0.25) is 0 Å². The molecule has 0 bridgehead atoms. The average molecular weight is 507 g/mol. The van der Waals surface area contributed by atoms with E-state index in [2.05, 4.69) is 5.10 Å². The predicted molar refractivity (Wildman–Crippen MR) is 137 cm³/mol. The summed E-state index contributed by atoms with van der Waals surface area (Å²) in [5, 5.41) is 4.79. The number of benzene rings is 2. The van der Waals surface area contributed by atoms with Crippen LogP contribution in [-0.4, -0.2) is 34.2 Å². The molecule has 7 heteroatoms. The van der Waals surface area contributed by atoms with Crippen molar-refractivity contribution < 1.29 is 19.1 Å². The topological polar surface area (TPSA) is 70.4 Å². The standard InChI is InChI=1S/C29H31ClN2O4/c1-35-27-12-9-21(18-25(27)30)13-14-29(22-5-2-3-6-22)19-26(33)24(28(34)36-29)17-20-7-10-23(11-8-20)32-16-4-15-31-32/h4,7-12,15-16,18,22,24H,2-3,5-6,13-14,17,19H2,1H3. The fraction of sp³-hybridized carbons (Fsp3) is 0.414. The maximum Gasteiger partial charge on any atom is 0.317 e. The Hall–Kier alpha value is -3.12. The number of carbonyl (C=O) groups is 2. The van der Waals surface area contributed by atoms with Crippen molar-refractivity contribution in [1.29, 1.82) is 0 Å². The Morgan fingerprint density at radius 1 is 1.11 bits per heavy atom. The summed E-state index contributed by atoms with van der Waals surface area (Å²) >= 11 is 6.32. The van der Waals surface area contributed by atoms with Crippen molar-refractivity contribution in [1.82, 2.24) is 9.78 Å². The number of rotatable bonds is 8. The Bertz CT molecular complexity index is 1200. The van der Waals surface area contributed by atoms with Gasteiger partial charge in [0.25, 0.3) is 0 Å². The number of ether oxygens (including phenoxy) is 2. The third-order valence-corrected chi connectivity index (χ3v) is 8.04. The first-order valence-electron chi connectivity index (χ1n) is 12.6. The second-order valence-electron chi connectivity index (χ2n) is 9.95. The lowest BCUT2D eigenvalue weighted by molar-refractivity contribution is -0.185. The molecule has 1 aromatic heterocycles. The average Bonchev–Trinajstić information content (AvgIpc) is 3.61. The molecule has 1 aliphatic carbocycles. The summed E-state index contributed by atoms with van der Waals surface area (Å²) in [4.78, 5) is 26.7. The van der Waals surface area contributed by atoms with Gasteiger partial charge in [-0.15, -0.1) is 0 Å². The van der Waals surface area contributed by atoms with E-state index in [-0.39, 0.29) is 24.1 Å². The molecule has 1 saturated heterocycles. The van der Waals surface area contributed by atoms with Gasteiger partial charge in [0.15, 0.2) is 5.78 Å². The molecule has 0 radical (unpaired) electrons. The number of cyclic esters (lactones) is 1. The zero-order chi connectivity index (χ0) is 25.1. The molecule has 1 saturated carbocycles. The molecule has 0 amide bonds. The zero-order valence-corrected chi connectivity index (χ0v) is 21.2. The highest BCUT2D eigenvalue weighted by Gasteiger charge is 2.51. The monoisotopic (exact) mass is 506 g/mol. The first kappa shape index (κ1) is 24.6. The van der Waals surface area contributed by atoms with E-state index in [1.165, 1.54) is 0 Å². The lowest BCUT2D eigenvalue weighted by Gasteiger charge is -2.43. The van der Waals surface area contributed by atoms with E-state index in [0.717, 1.165) is 42.5 Å². The van der Waals surface area contributed by atoms with Gasteiger partial charge in [-0.05, 0) is 79.5 Å². The number of methoxy groups -OCH3 is 1. The van der Waals surface area contributed by atoms with Gasteiger partial charge in [0.05, 0.1) is 17.8 Å². The normalized spacial score (nSPS) is 22.6. The van der Waals surface area contributed by atoms with Crippen LogP contribution in [-0.2, 0) is 27.2 Å². The Kier molecular flexibility index (Phi) is 7.15. The van der Waals surface area contributed by atoms with Crippen molar-refractivity contribution in [3.63, 3.8) is 0 Å². The molecule has 6 nitrogen and oxygen atoms in total. The van der Waals surface area contributed by atoms with Crippen LogP contribution in [0.1, 0.15) is 49.7 Å². The molecule has 3 aromatic rings. The first-order valence-corrected chi connectivity index (χ1v) is 13.0. The Morgan fingerprint density at radius 2 is 1.86 bits per heavy atom. The van der Waals surface area contributed by atoms with Crippen molar-refractivity contribution in [3.05, 3.63) is 77.1 Å². The molecule has 5 rings (SSSR count). The van der Waals surface area contributed by atoms with Crippen molar-refractivity contribution >= 4 is 23.4 Å². The summed E-state index contributed by atoms with van der Waals surface area (Å²) in [5.41, 5.74) is 2.17. The molecule has 2 fully saturated rings. The van der Waals surface area contributed by atoms with Gasteiger partial charge in [-0.3, -0.25) is 9.59 Å². The largest absolute Gasteiger partial charge is 0.495 e. The van der Waals surface area contributed by atoms with Crippen molar-refractivity contribution in [3.8, 4) is 11.4 Å². The third kappa shape index (κ3) is 5.05. The third-order valence-electron chi connectivity index (χ3n) is 7.75. The molecule has 1 aliphatic heterocycles. The van der Waals surface area contributed by atoms with Gasteiger partial charge in [0.1, 0.15) is 17.3 Å². The van der Waals surface area contributed by atoms with E-state index in [9.17, 15) is 9.59 Å². The summed E-state index contributed by atoms with van der Waals surface area (Å²) in [6.45, 7) is 0. The van der Waals surface area contributed by atoms with Crippen LogP contribution in [0.15, 0.2) is 60.9 Å². The van der Waals surface area contributed by atoms with Crippen molar-refractivity contribution in [2.75, 3.05) is 7.11 Å². The smallest absolute Gasteiger partial charge is 0.317 e. The lowest BCUT2D eigenvalue weighted by atomic mass is 9.73. The fourth-order valence-corrected chi connectivity index (χ4v) is 6.02. The Labute approximate surface area is 216 Å². The molecule has 36 heavy (non-hydrogen) atoms. The van der Waals surface area contributed by atoms with Crippen LogP contribution in [0.25, 0.3) is 5.69 Å². The highest BCUT2D eigenvalue weighted by Crippen LogP contribution is 2.45. The van der Waals surface area contributed by atoms with Gasteiger partial charge < -0.3 is 9.47 Å². The quantitative estimate of drug-likeness (QED) is 0.286. The maximum absolute atomic E-state index is 13.4. The number of aryl methyl sites for hydroxylation is 1.